The zero-order chi connectivity index (χ0) is 12.4. The van der Waals surface area contributed by atoms with Crippen LogP contribution < -0.4 is 5.73 Å². The topological polar surface area (TPSA) is 59.1 Å². The Balaban J connectivity index is 2.44. The molecule has 0 fully saturated rings. The van der Waals surface area contributed by atoms with E-state index in [1.807, 2.05) is 0 Å². The fourth-order valence-electron chi connectivity index (χ4n) is 1.54. The number of hydrogen-bond donors (Lipinski definition) is 2. The summed E-state index contributed by atoms with van der Waals surface area (Å²) in [4.78, 5) is 3.87. The minimum atomic E-state index is -1.11. The van der Waals surface area contributed by atoms with Crippen molar-refractivity contribution in [3.05, 3.63) is 58.1 Å². The second-order valence-electron chi connectivity index (χ2n) is 3.57. The summed E-state index contributed by atoms with van der Waals surface area (Å²) in [6.07, 6.45) is 1.84. The van der Waals surface area contributed by atoms with E-state index >= 15 is 0 Å². The lowest BCUT2D eigenvalue weighted by Gasteiger charge is -2.14. The molecule has 0 radical (unpaired) electrons. The minimum absolute atomic E-state index is 0.174. The molecule has 88 valence electrons. The number of aliphatic hydroxyl groups is 1. The monoisotopic (exact) mass is 296 g/mol. The zero-order valence-electron chi connectivity index (χ0n) is 8.77. The molecule has 0 aliphatic carbocycles. The van der Waals surface area contributed by atoms with E-state index in [4.69, 9.17) is 5.73 Å². The smallest absolute Gasteiger partial charge is 0.130 e. The van der Waals surface area contributed by atoms with E-state index in [2.05, 4.69) is 20.9 Å². The number of rotatable bonds is 2. The van der Waals surface area contributed by atoms with Crippen molar-refractivity contribution in [2.24, 2.45) is 0 Å². The maximum Gasteiger partial charge on any atom is 0.130 e. The summed E-state index contributed by atoms with van der Waals surface area (Å²) < 4.78 is 14.3. The van der Waals surface area contributed by atoms with E-state index in [9.17, 15) is 9.50 Å². The third kappa shape index (κ3) is 2.45. The van der Waals surface area contributed by atoms with Crippen LogP contribution in [0.4, 0.5) is 10.1 Å². The van der Waals surface area contributed by atoms with Gasteiger partial charge in [0.1, 0.15) is 11.9 Å². The molecule has 2 rings (SSSR count). The van der Waals surface area contributed by atoms with Gasteiger partial charge in [0.15, 0.2) is 0 Å². The number of aliphatic hydroxyl groups excluding tert-OH is 1. The molecule has 3 N–H and O–H groups in total. The van der Waals surface area contributed by atoms with Crippen LogP contribution >= 0.6 is 15.9 Å². The number of aromatic nitrogens is 1. The van der Waals surface area contributed by atoms with Gasteiger partial charge < -0.3 is 10.8 Å². The van der Waals surface area contributed by atoms with Crippen LogP contribution in [0.1, 0.15) is 17.2 Å². The first-order valence-corrected chi connectivity index (χ1v) is 5.71. The SMILES string of the molecule is Nc1ccncc1C(O)c1ccc(Br)cc1F. The van der Waals surface area contributed by atoms with E-state index < -0.39 is 11.9 Å². The lowest BCUT2D eigenvalue weighted by Crippen LogP contribution is -2.06. The summed E-state index contributed by atoms with van der Waals surface area (Å²) in [5.74, 6) is -0.491. The van der Waals surface area contributed by atoms with Gasteiger partial charge in [-0.25, -0.2) is 4.39 Å². The maximum absolute atomic E-state index is 13.7. The van der Waals surface area contributed by atoms with Crippen LogP contribution in [0.15, 0.2) is 41.1 Å². The summed E-state index contributed by atoms with van der Waals surface area (Å²) >= 11 is 3.16. The van der Waals surface area contributed by atoms with E-state index in [0.717, 1.165) is 0 Å². The van der Waals surface area contributed by atoms with Crippen molar-refractivity contribution in [3.63, 3.8) is 0 Å². The highest BCUT2D eigenvalue weighted by atomic mass is 79.9. The van der Waals surface area contributed by atoms with Gasteiger partial charge in [0, 0.05) is 33.7 Å². The Labute approximate surface area is 106 Å². The minimum Gasteiger partial charge on any atom is -0.398 e. The predicted molar refractivity (Wildman–Crippen MR) is 66.8 cm³/mol. The average Bonchev–Trinajstić information content (AvgIpc) is 2.29. The maximum atomic E-state index is 13.7. The van der Waals surface area contributed by atoms with Crippen molar-refractivity contribution in [1.82, 2.24) is 4.98 Å². The molecule has 0 bridgehead atoms. The van der Waals surface area contributed by atoms with Crippen molar-refractivity contribution in [2.75, 3.05) is 5.73 Å². The number of nitrogens with zero attached hydrogens (tertiary/aromatic N) is 1. The molecule has 1 aromatic carbocycles. The van der Waals surface area contributed by atoms with E-state index in [1.165, 1.54) is 24.5 Å². The molecule has 3 nitrogen and oxygen atoms in total. The number of pyridine rings is 1. The Kier molecular flexibility index (Phi) is 3.40. The largest absolute Gasteiger partial charge is 0.398 e. The van der Waals surface area contributed by atoms with Crippen molar-refractivity contribution < 1.29 is 9.50 Å². The predicted octanol–water partition coefficient (Wildman–Crippen LogP) is 2.65. The number of nitrogen functional groups attached to an aromatic ring is 1. The van der Waals surface area contributed by atoms with Crippen LogP contribution in [0.3, 0.4) is 0 Å². The molecule has 1 atom stereocenters. The molecule has 1 aromatic heterocycles. The number of nitrogens with two attached hydrogens (primary N) is 1. The van der Waals surface area contributed by atoms with Crippen LogP contribution in [-0.4, -0.2) is 10.1 Å². The van der Waals surface area contributed by atoms with Gasteiger partial charge in [-0.1, -0.05) is 22.0 Å². The Bertz CT molecular complexity index is 548. The normalized spacial score (nSPS) is 12.4. The van der Waals surface area contributed by atoms with Gasteiger partial charge in [-0.05, 0) is 18.2 Å². The Morgan fingerprint density at radius 3 is 2.71 bits per heavy atom. The molecule has 1 unspecified atom stereocenters. The number of hydrogen-bond acceptors (Lipinski definition) is 3. The summed E-state index contributed by atoms with van der Waals surface area (Å²) in [5, 5.41) is 10.1. The molecule has 0 amide bonds. The molecular formula is C12H10BrFN2O. The Morgan fingerprint density at radius 2 is 2.06 bits per heavy atom. The molecular weight excluding hydrogens is 287 g/mol. The van der Waals surface area contributed by atoms with Crippen LogP contribution in [0.2, 0.25) is 0 Å². The van der Waals surface area contributed by atoms with Gasteiger partial charge in [0.25, 0.3) is 0 Å². The van der Waals surface area contributed by atoms with Crippen LogP contribution in [-0.2, 0) is 0 Å². The molecule has 0 aliphatic heterocycles. The zero-order valence-corrected chi connectivity index (χ0v) is 10.4. The van der Waals surface area contributed by atoms with Crippen LogP contribution in [0, 0.1) is 5.82 Å². The molecule has 0 saturated carbocycles. The number of anilines is 1. The lowest BCUT2D eigenvalue weighted by atomic mass is 10.0. The second-order valence-corrected chi connectivity index (χ2v) is 4.49. The molecule has 0 aliphatic rings. The Morgan fingerprint density at radius 1 is 1.29 bits per heavy atom. The quantitative estimate of drug-likeness (QED) is 0.896. The molecule has 0 spiro atoms. The van der Waals surface area contributed by atoms with Gasteiger partial charge in [0.2, 0.25) is 0 Å². The summed E-state index contributed by atoms with van der Waals surface area (Å²) in [7, 11) is 0. The van der Waals surface area contributed by atoms with Crippen molar-refractivity contribution >= 4 is 21.6 Å². The van der Waals surface area contributed by atoms with E-state index in [1.54, 1.807) is 12.1 Å². The first-order chi connectivity index (χ1) is 8.09. The third-order valence-electron chi connectivity index (χ3n) is 2.44. The van der Waals surface area contributed by atoms with E-state index in [-0.39, 0.29) is 5.56 Å². The standard InChI is InChI=1S/C12H10BrFN2O/c13-7-1-2-8(10(14)5-7)12(17)9-6-16-4-3-11(9)15/h1-6,12,17H,(H2,15,16). The summed E-state index contributed by atoms with van der Waals surface area (Å²) in [5.41, 5.74) is 6.66. The van der Waals surface area contributed by atoms with Gasteiger partial charge in [0.05, 0.1) is 0 Å². The summed E-state index contributed by atoms with van der Waals surface area (Å²) in [6, 6.07) is 6.03. The van der Waals surface area contributed by atoms with Gasteiger partial charge in [-0.15, -0.1) is 0 Å². The van der Waals surface area contributed by atoms with Crippen molar-refractivity contribution in [2.45, 2.75) is 6.10 Å². The number of benzene rings is 1. The third-order valence-corrected chi connectivity index (χ3v) is 2.93. The lowest BCUT2D eigenvalue weighted by molar-refractivity contribution is 0.215. The highest BCUT2D eigenvalue weighted by molar-refractivity contribution is 9.10. The fraction of sp³-hybridized carbons (Fsp3) is 0.0833. The molecule has 2 aromatic rings. The van der Waals surface area contributed by atoms with Gasteiger partial charge >= 0.3 is 0 Å². The van der Waals surface area contributed by atoms with Crippen LogP contribution in [0.5, 0.6) is 0 Å². The van der Waals surface area contributed by atoms with Gasteiger partial charge in [-0.3, -0.25) is 4.98 Å². The molecule has 1 heterocycles. The summed E-state index contributed by atoms with van der Waals surface area (Å²) in [6.45, 7) is 0. The first kappa shape index (κ1) is 12.0. The van der Waals surface area contributed by atoms with Crippen molar-refractivity contribution in [3.8, 4) is 0 Å². The van der Waals surface area contributed by atoms with Crippen molar-refractivity contribution in [1.29, 1.82) is 0 Å². The average molecular weight is 297 g/mol. The van der Waals surface area contributed by atoms with Crippen LogP contribution in [0.25, 0.3) is 0 Å². The first-order valence-electron chi connectivity index (χ1n) is 4.92. The van der Waals surface area contributed by atoms with Gasteiger partial charge in [-0.2, -0.15) is 0 Å². The molecule has 17 heavy (non-hydrogen) atoms. The number of halogens is 2. The highest BCUT2D eigenvalue weighted by Crippen LogP contribution is 2.28. The second kappa shape index (κ2) is 4.81. The highest BCUT2D eigenvalue weighted by Gasteiger charge is 2.17. The molecule has 5 heteroatoms. The molecule has 0 saturated heterocycles. The van der Waals surface area contributed by atoms with E-state index in [0.29, 0.717) is 15.7 Å². The fourth-order valence-corrected chi connectivity index (χ4v) is 1.87. The Hall–Kier alpha value is -1.46.